The lowest BCUT2D eigenvalue weighted by molar-refractivity contribution is -0.139. The van der Waals surface area contributed by atoms with Crippen molar-refractivity contribution in [3.8, 4) is 11.5 Å². The van der Waals surface area contributed by atoms with Crippen LogP contribution in [0.25, 0.3) is 0 Å². The van der Waals surface area contributed by atoms with Crippen molar-refractivity contribution >= 4 is 0 Å². The van der Waals surface area contributed by atoms with Gasteiger partial charge in [-0.1, -0.05) is 36.4 Å². The van der Waals surface area contributed by atoms with Gasteiger partial charge in [-0.25, -0.2) is 0 Å². The van der Waals surface area contributed by atoms with Crippen molar-refractivity contribution in [1.82, 2.24) is 0 Å². The van der Waals surface area contributed by atoms with E-state index in [0.717, 1.165) is 5.56 Å². The molecular weight excluding hydrogens is 305 g/mol. The zero-order valence-electron chi connectivity index (χ0n) is 12.5. The normalized spacial score (nSPS) is 14.7. The molecule has 2 nitrogen and oxygen atoms in total. The largest absolute Gasteiger partial charge is 0.454 e. The van der Waals surface area contributed by atoms with E-state index in [4.69, 9.17) is 9.47 Å². The van der Waals surface area contributed by atoms with Gasteiger partial charge >= 0.3 is 6.18 Å². The second-order valence-electron chi connectivity index (χ2n) is 5.65. The molecule has 1 heterocycles. The fraction of sp³-hybridized carbons (Fsp3) is 0.333. The van der Waals surface area contributed by atoms with Gasteiger partial charge < -0.3 is 9.47 Å². The molecule has 1 unspecified atom stereocenters. The molecule has 0 fully saturated rings. The van der Waals surface area contributed by atoms with Crippen molar-refractivity contribution in [1.29, 1.82) is 0 Å². The van der Waals surface area contributed by atoms with Gasteiger partial charge in [0.25, 0.3) is 0 Å². The number of fused-ring (bicyclic) bond motifs is 1. The maximum atomic E-state index is 12.9. The summed E-state index contributed by atoms with van der Waals surface area (Å²) in [6, 6.07) is 14.6. The van der Waals surface area contributed by atoms with Crippen LogP contribution in [-0.2, 0) is 6.42 Å². The van der Waals surface area contributed by atoms with Crippen molar-refractivity contribution in [2.75, 3.05) is 6.79 Å². The fourth-order valence-electron chi connectivity index (χ4n) is 2.82. The van der Waals surface area contributed by atoms with E-state index >= 15 is 0 Å². The molecule has 2 aromatic carbocycles. The summed E-state index contributed by atoms with van der Waals surface area (Å²) in [6.45, 7) is 0.118. The Bertz CT molecular complexity index is 653. The fourth-order valence-corrected chi connectivity index (χ4v) is 2.82. The molecular formula is C18H17F3O2. The minimum Gasteiger partial charge on any atom is -0.454 e. The molecule has 0 N–H and O–H groups in total. The van der Waals surface area contributed by atoms with E-state index in [1.54, 1.807) is 18.2 Å². The number of halogens is 3. The van der Waals surface area contributed by atoms with Crippen LogP contribution in [0.4, 0.5) is 13.2 Å². The van der Waals surface area contributed by atoms with Gasteiger partial charge in [-0.15, -0.1) is 0 Å². The van der Waals surface area contributed by atoms with Gasteiger partial charge in [0.2, 0.25) is 6.79 Å². The summed E-state index contributed by atoms with van der Waals surface area (Å²) in [5.74, 6) is 0.515. The molecule has 0 amide bonds. The smallest absolute Gasteiger partial charge is 0.389 e. The SMILES string of the molecule is FC(F)(F)CC(CCc1ccccc1)c1ccc2c(c1)OCO2. The number of aryl methyl sites for hydroxylation is 1. The lowest BCUT2D eigenvalue weighted by Gasteiger charge is -2.19. The maximum Gasteiger partial charge on any atom is 0.389 e. The summed E-state index contributed by atoms with van der Waals surface area (Å²) in [5.41, 5.74) is 1.68. The zero-order valence-corrected chi connectivity index (χ0v) is 12.5. The summed E-state index contributed by atoms with van der Waals surface area (Å²) in [6.07, 6.45) is -3.99. The third-order valence-electron chi connectivity index (χ3n) is 3.97. The van der Waals surface area contributed by atoms with Crippen LogP contribution in [-0.4, -0.2) is 13.0 Å². The lowest BCUT2D eigenvalue weighted by atomic mass is 9.89. The number of alkyl halides is 3. The highest BCUT2D eigenvalue weighted by atomic mass is 19.4. The Morgan fingerprint density at radius 3 is 2.43 bits per heavy atom. The lowest BCUT2D eigenvalue weighted by Crippen LogP contribution is -2.14. The van der Waals surface area contributed by atoms with Crippen molar-refractivity contribution in [2.45, 2.75) is 31.4 Å². The second-order valence-corrected chi connectivity index (χ2v) is 5.65. The Morgan fingerprint density at radius 2 is 1.70 bits per heavy atom. The van der Waals surface area contributed by atoms with Crippen LogP contribution >= 0.6 is 0 Å². The molecule has 2 aromatic rings. The zero-order chi connectivity index (χ0) is 16.3. The number of hydrogen-bond acceptors (Lipinski definition) is 2. The summed E-state index contributed by atoms with van der Waals surface area (Å²) >= 11 is 0. The summed E-state index contributed by atoms with van der Waals surface area (Å²) in [5, 5.41) is 0. The first-order valence-corrected chi connectivity index (χ1v) is 7.51. The van der Waals surface area contributed by atoms with E-state index in [1.807, 2.05) is 30.3 Å². The van der Waals surface area contributed by atoms with E-state index in [9.17, 15) is 13.2 Å². The molecule has 1 atom stereocenters. The first-order valence-electron chi connectivity index (χ1n) is 7.51. The van der Waals surface area contributed by atoms with Gasteiger partial charge in [0.15, 0.2) is 11.5 Å². The Morgan fingerprint density at radius 1 is 0.957 bits per heavy atom. The van der Waals surface area contributed by atoms with Crippen molar-refractivity contribution < 1.29 is 22.6 Å². The van der Waals surface area contributed by atoms with Crippen LogP contribution in [0.1, 0.15) is 29.9 Å². The highest BCUT2D eigenvalue weighted by molar-refractivity contribution is 5.45. The summed E-state index contributed by atoms with van der Waals surface area (Å²) in [7, 11) is 0. The molecule has 1 aliphatic rings. The van der Waals surface area contributed by atoms with Crippen LogP contribution in [0.5, 0.6) is 11.5 Å². The van der Waals surface area contributed by atoms with E-state index in [-0.39, 0.29) is 6.79 Å². The number of rotatable bonds is 5. The third kappa shape index (κ3) is 4.18. The molecule has 0 aliphatic carbocycles. The monoisotopic (exact) mass is 322 g/mol. The van der Waals surface area contributed by atoms with Gasteiger partial charge in [0, 0.05) is 0 Å². The van der Waals surface area contributed by atoms with Crippen molar-refractivity contribution in [2.24, 2.45) is 0 Å². The first-order chi connectivity index (χ1) is 11.0. The van der Waals surface area contributed by atoms with Crippen LogP contribution in [0.15, 0.2) is 48.5 Å². The summed E-state index contributed by atoms with van der Waals surface area (Å²) in [4.78, 5) is 0. The van der Waals surface area contributed by atoms with Crippen LogP contribution in [0, 0.1) is 0 Å². The molecule has 0 aromatic heterocycles. The van der Waals surface area contributed by atoms with Crippen molar-refractivity contribution in [3.63, 3.8) is 0 Å². The van der Waals surface area contributed by atoms with E-state index in [1.165, 1.54) is 0 Å². The minimum absolute atomic E-state index is 0.118. The number of ether oxygens (including phenoxy) is 2. The van der Waals surface area contributed by atoms with Gasteiger partial charge in [-0.05, 0) is 42.0 Å². The molecule has 122 valence electrons. The van der Waals surface area contributed by atoms with Crippen LogP contribution in [0.2, 0.25) is 0 Å². The van der Waals surface area contributed by atoms with Crippen LogP contribution < -0.4 is 9.47 Å². The topological polar surface area (TPSA) is 18.5 Å². The predicted octanol–water partition coefficient (Wildman–Crippen LogP) is 5.08. The average Bonchev–Trinajstić information content (AvgIpc) is 2.99. The maximum absolute atomic E-state index is 12.9. The van der Waals surface area contributed by atoms with E-state index in [0.29, 0.717) is 29.9 Å². The molecule has 5 heteroatoms. The Labute approximate surface area is 132 Å². The molecule has 3 rings (SSSR count). The average molecular weight is 322 g/mol. The Kier molecular flexibility index (Phi) is 4.46. The second kappa shape index (κ2) is 6.52. The molecule has 23 heavy (non-hydrogen) atoms. The highest BCUT2D eigenvalue weighted by Crippen LogP contribution is 2.39. The Hall–Kier alpha value is -2.17. The molecule has 0 saturated heterocycles. The van der Waals surface area contributed by atoms with Crippen molar-refractivity contribution in [3.05, 3.63) is 59.7 Å². The molecule has 0 radical (unpaired) electrons. The molecule has 1 aliphatic heterocycles. The Balaban J connectivity index is 1.77. The first kappa shape index (κ1) is 15.7. The minimum atomic E-state index is -4.20. The van der Waals surface area contributed by atoms with Gasteiger partial charge in [0.1, 0.15) is 0 Å². The standard InChI is InChI=1S/C18H17F3O2/c19-18(20,21)11-15(7-6-13-4-2-1-3-5-13)14-8-9-16-17(10-14)23-12-22-16/h1-5,8-10,15H,6-7,11-12H2. The van der Waals surface area contributed by atoms with Gasteiger partial charge in [-0.2, -0.15) is 13.2 Å². The van der Waals surface area contributed by atoms with Crippen LogP contribution in [0.3, 0.4) is 0 Å². The third-order valence-corrected chi connectivity index (χ3v) is 3.97. The molecule has 0 saturated carbocycles. The van der Waals surface area contributed by atoms with E-state index < -0.39 is 18.5 Å². The highest BCUT2D eigenvalue weighted by Gasteiger charge is 2.33. The number of hydrogen-bond donors (Lipinski definition) is 0. The van der Waals surface area contributed by atoms with Gasteiger partial charge in [-0.3, -0.25) is 0 Å². The van der Waals surface area contributed by atoms with Gasteiger partial charge in [0.05, 0.1) is 6.42 Å². The van der Waals surface area contributed by atoms with E-state index in [2.05, 4.69) is 0 Å². The number of benzene rings is 2. The molecule has 0 spiro atoms. The molecule has 0 bridgehead atoms. The quantitative estimate of drug-likeness (QED) is 0.764. The predicted molar refractivity (Wildman–Crippen MR) is 80.7 cm³/mol. The summed E-state index contributed by atoms with van der Waals surface area (Å²) < 4.78 is 49.3.